The van der Waals surface area contributed by atoms with Gasteiger partial charge in [0.15, 0.2) is 0 Å². The third kappa shape index (κ3) is 3.43. The molecule has 0 aromatic carbocycles. The highest BCUT2D eigenvalue weighted by Gasteiger charge is 2.34. The third-order valence-corrected chi connectivity index (χ3v) is 3.53. The zero-order valence-corrected chi connectivity index (χ0v) is 11.0. The SMILES string of the molecule is CN(C)C(=O)CN(C)C(=O)C1CCCC1CN. The molecule has 0 aromatic rings. The van der Waals surface area contributed by atoms with Crippen LogP contribution >= 0.6 is 0 Å². The van der Waals surface area contributed by atoms with Gasteiger partial charge in [0, 0.05) is 27.1 Å². The smallest absolute Gasteiger partial charge is 0.241 e. The van der Waals surface area contributed by atoms with Gasteiger partial charge in [0.25, 0.3) is 0 Å². The number of rotatable bonds is 4. The molecule has 1 aliphatic carbocycles. The summed E-state index contributed by atoms with van der Waals surface area (Å²) in [7, 11) is 5.08. The van der Waals surface area contributed by atoms with Crippen LogP contribution in [0.1, 0.15) is 19.3 Å². The molecule has 2 atom stereocenters. The van der Waals surface area contributed by atoms with Crippen molar-refractivity contribution in [1.29, 1.82) is 0 Å². The Bertz CT molecular complexity index is 291. The quantitative estimate of drug-likeness (QED) is 0.748. The maximum atomic E-state index is 12.2. The van der Waals surface area contributed by atoms with E-state index in [1.54, 1.807) is 21.1 Å². The summed E-state index contributed by atoms with van der Waals surface area (Å²) in [5.41, 5.74) is 5.67. The molecule has 0 heterocycles. The summed E-state index contributed by atoms with van der Waals surface area (Å²) in [5, 5.41) is 0. The monoisotopic (exact) mass is 241 g/mol. The minimum atomic E-state index is -0.0526. The average molecular weight is 241 g/mol. The number of carbonyl (C=O) groups excluding carboxylic acids is 2. The van der Waals surface area contributed by atoms with E-state index in [2.05, 4.69) is 0 Å². The van der Waals surface area contributed by atoms with Gasteiger partial charge < -0.3 is 15.5 Å². The second-order valence-electron chi connectivity index (χ2n) is 5.02. The van der Waals surface area contributed by atoms with Crippen LogP contribution in [0.3, 0.4) is 0 Å². The maximum absolute atomic E-state index is 12.2. The van der Waals surface area contributed by atoms with Gasteiger partial charge in [-0.2, -0.15) is 0 Å². The highest BCUT2D eigenvalue weighted by atomic mass is 16.2. The van der Waals surface area contributed by atoms with Gasteiger partial charge >= 0.3 is 0 Å². The lowest BCUT2D eigenvalue weighted by molar-refractivity contribution is -0.141. The highest BCUT2D eigenvalue weighted by Crippen LogP contribution is 2.32. The Kier molecular flexibility index (Phi) is 4.93. The predicted octanol–water partition coefficient (Wildman–Crippen LogP) is -0.0920. The normalized spacial score (nSPS) is 23.5. The summed E-state index contributed by atoms with van der Waals surface area (Å²) in [5.74, 6) is 0.315. The fourth-order valence-electron chi connectivity index (χ4n) is 2.35. The lowest BCUT2D eigenvalue weighted by Crippen LogP contribution is -2.42. The Hall–Kier alpha value is -1.10. The van der Waals surface area contributed by atoms with Crippen molar-refractivity contribution in [1.82, 2.24) is 9.80 Å². The molecule has 0 bridgehead atoms. The molecular formula is C12H23N3O2. The first-order chi connectivity index (χ1) is 7.97. The first-order valence-electron chi connectivity index (χ1n) is 6.12. The van der Waals surface area contributed by atoms with Gasteiger partial charge in [-0.05, 0) is 25.3 Å². The Balaban J connectivity index is 2.54. The van der Waals surface area contributed by atoms with Crippen molar-refractivity contribution in [3.05, 3.63) is 0 Å². The molecule has 1 aliphatic rings. The Labute approximate surface area is 103 Å². The number of nitrogens with two attached hydrogens (primary N) is 1. The molecular weight excluding hydrogens is 218 g/mol. The van der Waals surface area contributed by atoms with Gasteiger partial charge in [-0.25, -0.2) is 0 Å². The summed E-state index contributed by atoms with van der Waals surface area (Å²) in [6.07, 6.45) is 3.00. The van der Waals surface area contributed by atoms with Crippen LogP contribution in [-0.4, -0.2) is 55.8 Å². The van der Waals surface area contributed by atoms with Crippen LogP contribution in [0.4, 0.5) is 0 Å². The van der Waals surface area contributed by atoms with Crippen molar-refractivity contribution >= 4 is 11.8 Å². The zero-order chi connectivity index (χ0) is 13.0. The van der Waals surface area contributed by atoms with E-state index in [0.29, 0.717) is 12.5 Å². The summed E-state index contributed by atoms with van der Waals surface area (Å²) < 4.78 is 0. The van der Waals surface area contributed by atoms with Crippen LogP contribution in [0.15, 0.2) is 0 Å². The summed E-state index contributed by atoms with van der Waals surface area (Å²) in [6, 6.07) is 0. The van der Waals surface area contributed by atoms with Crippen molar-refractivity contribution < 1.29 is 9.59 Å². The van der Waals surface area contributed by atoms with Crippen LogP contribution in [0.25, 0.3) is 0 Å². The number of hydrogen-bond acceptors (Lipinski definition) is 3. The van der Waals surface area contributed by atoms with Crippen LogP contribution < -0.4 is 5.73 Å². The summed E-state index contributed by atoms with van der Waals surface area (Å²) >= 11 is 0. The van der Waals surface area contributed by atoms with Crippen LogP contribution in [-0.2, 0) is 9.59 Å². The van der Waals surface area contributed by atoms with Gasteiger partial charge in [0.2, 0.25) is 11.8 Å². The molecule has 0 spiro atoms. The fraction of sp³-hybridized carbons (Fsp3) is 0.833. The van der Waals surface area contributed by atoms with Gasteiger partial charge in [-0.15, -0.1) is 0 Å². The standard InChI is InChI=1S/C12H23N3O2/c1-14(2)11(16)8-15(3)12(17)10-6-4-5-9(10)7-13/h9-10H,4-8,13H2,1-3H3. The second-order valence-corrected chi connectivity index (χ2v) is 5.02. The second kappa shape index (κ2) is 6.00. The molecule has 2 amide bonds. The van der Waals surface area contributed by atoms with E-state index in [9.17, 15) is 9.59 Å². The van der Waals surface area contributed by atoms with Gasteiger partial charge in [0.05, 0.1) is 6.54 Å². The molecule has 2 N–H and O–H groups in total. The van der Waals surface area contributed by atoms with Gasteiger partial charge in [-0.3, -0.25) is 9.59 Å². The maximum Gasteiger partial charge on any atom is 0.241 e. The Morgan fingerprint density at radius 1 is 1.24 bits per heavy atom. The molecule has 2 unspecified atom stereocenters. The molecule has 0 aliphatic heterocycles. The number of likely N-dealkylation sites (N-methyl/N-ethyl adjacent to an activating group) is 2. The number of amides is 2. The lowest BCUT2D eigenvalue weighted by atomic mass is 9.95. The van der Waals surface area contributed by atoms with Crippen molar-refractivity contribution in [2.75, 3.05) is 34.2 Å². The molecule has 0 radical (unpaired) electrons. The van der Waals surface area contributed by atoms with E-state index in [1.165, 1.54) is 9.80 Å². The van der Waals surface area contributed by atoms with E-state index < -0.39 is 0 Å². The molecule has 5 nitrogen and oxygen atoms in total. The zero-order valence-electron chi connectivity index (χ0n) is 11.0. The molecule has 1 saturated carbocycles. The summed E-state index contributed by atoms with van der Waals surface area (Å²) in [6.45, 7) is 0.714. The van der Waals surface area contributed by atoms with Crippen molar-refractivity contribution in [3.63, 3.8) is 0 Å². The van der Waals surface area contributed by atoms with E-state index in [1.807, 2.05) is 0 Å². The topological polar surface area (TPSA) is 66.6 Å². The molecule has 17 heavy (non-hydrogen) atoms. The minimum Gasteiger partial charge on any atom is -0.347 e. The molecule has 5 heteroatoms. The molecule has 1 fully saturated rings. The Morgan fingerprint density at radius 3 is 2.41 bits per heavy atom. The number of carbonyl (C=O) groups is 2. The van der Waals surface area contributed by atoms with E-state index in [-0.39, 0.29) is 24.3 Å². The predicted molar refractivity (Wildman–Crippen MR) is 66.2 cm³/mol. The van der Waals surface area contributed by atoms with Gasteiger partial charge in [-0.1, -0.05) is 6.42 Å². The molecule has 98 valence electrons. The first kappa shape index (κ1) is 14.0. The van der Waals surface area contributed by atoms with Crippen LogP contribution in [0.2, 0.25) is 0 Å². The highest BCUT2D eigenvalue weighted by molar-refractivity contribution is 5.85. The van der Waals surface area contributed by atoms with E-state index in [0.717, 1.165) is 19.3 Å². The van der Waals surface area contributed by atoms with Crippen LogP contribution in [0, 0.1) is 11.8 Å². The van der Waals surface area contributed by atoms with Crippen molar-refractivity contribution in [2.45, 2.75) is 19.3 Å². The van der Waals surface area contributed by atoms with Gasteiger partial charge in [0.1, 0.15) is 0 Å². The number of hydrogen-bond donors (Lipinski definition) is 1. The molecule has 0 saturated heterocycles. The largest absolute Gasteiger partial charge is 0.347 e. The third-order valence-electron chi connectivity index (χ3n) is 3.53. The first-order valence-corrected chi connectivity index (χ1v) is 6.12. The number of nitrogens with zero attached hydrogens (tertiary/aromatic N) is 2. The van der Waals surface area contributed by atoms with E-state index in [4.69, 9.17) is 5.73 Å². The van der Waals surface area contributed by atoms with Crippen molar-refractivity contribution in [2.24, 2.45) is 17.6 Å². The van der Waals surface area contributed by atoms with Crippen LogP contribution in [0.5, 0.6) is 0 Å². The molecule has 1 rings (SSSR count). The molecule has 0 aromatic heterocycles. The van der Waals surface area contributed by atoms with Crippen molar-refractivity contribution in [3.8, 4) is 0 Å². The van der Waals surface area contributed by atoms with E-state index >= 15 is 0 Å². The Morgan fingerprint density at radius 2 is 1.88 bits per heavy atom. The average Bonchev–Trinajstić information content (AvgIpc) is 2.75. The summed E-state index contributed by atoms with van der Waals surface area (Å²) in [4.78, 5) is 26.7. The minimum absolute atomic E-state index is 0.0139. The lowest BCUT2D eigenvalue weighted by Gasteiger charge is -2.25. The fourth-order valence-corrected chi connectivity index (χ4v) is 2.35.